The van der Waals surface area contributed by atoms with Gasteiger partial charge in [0.2, 0.25) is 21.9 Å². The lowest BCUT2D eigenvalue weighted by Crippen LogP contribution is -2.12. The van der Waals surface area contributed by atoms with Crippen molar-refractivity contribution < 1.29 is 17.5 Å². The second kappa shape index (κ2) is 9.54. The lowest BCUT2D eigenvalue weighted by atomic mass is 10.0. The first-order valence-electron chi connectivity index (χ1n) is 10.4. The third-order valence-electron chi connectivity index (χ3n) is 5.00. The molecule has 2 aromatic heterocycles. The van der Waals surface area contributed by atoms with Gasteiger partial charge in [-0.2, -0.15) is 4.98 Å². The quantitative estimate of drug-likeness (QED) is 0.393. The number of benzene rings is 2. The fourth-order valence-electron chi connectivity index (χ4n) is 3.25. The van der Waals surface area contributed by atoms with Crippen LogP contribution < -0.4 is 15.2 Å². The average molecular weight is 480 g/mol. The number of hydrogen-bond donors (Lipinski definition) is 2. The van der Waals surface area contributed by atoms with E-state index in [1.165, 1.54) is 24.3 Å². The Balaban J connectivity index is 1.60. The van der Waals surface area contributed by atoms with Crippen LogP contribution in [0.15, 0.2) is 72.1 Å². The van der Waals surface area contributed by atoms with Crippen LogP contribution >= 0.6 is 0 Å². The molecule has 0 aliphatic carbocycles. The van der Waals surface area contributed by atoms with Crippen LogP contribution in [-0.4, -0.2) is 30.0 Å². The van der Waals surface area contributed by atoms with Gasteiger partial charge in [-0.25, -0.2) is 27.9 Å². The summed E-state index contributed by atoms with van der Waals surface area (Å²) in [6.07, 6.45) is 0. The first kappa shape index (κ1) is 23.3. The molecular formula is C24H22FN5O3S. The highest BCUT2D eigenvalue weighted by molar-refractivity contribution is 7.89. The summed E-state index contributed by atoms with van der Waals surface area (Å²) in [5, 5.41) is 8.25. The van der Waals surface area contributed by atoms with Crippen LogP contribution in [0.4, 0.5) is 10.3 Å². The summed E-state index contributed by atoms with van der Waals surface area (Å²) >= 11 is 0. The summed E-state index contributed by atoms with van der Waals surface area (Å²) in [4.78, 5) is 13.6. The Kier molecular flexibility index (Phi) is 6.53. The molecule has 0 radical (unpaired) electrons. The van der Waals surface area contributed by atoms with Crippen molar-refractivity contribution in [3.8, 4) is 5.88 Å². The van der Waals surface area contributed by atoms with E-state index in [-0.39, 0.29) is 10.7 Å². The first-order valence-corrected chi connectivity index (χ1v) is 11.9. The summed E-state index contributed by atoms with van der Waals surface area (Å²) in [6, 6.07) is 15.8. The fraction of sp³-hybridized carbons (Fsp3) is 0.125. The van der Waals surface area contributed by atoms with E-state index in [1.54, 1.807) is 36.4 Å². The minimum atomic E-state index is -3.74. The van der Waals surface area contributed by atoms with Crippen LogP contribution in [0.25, 0.3) is 16.6 Å². The van der Waals surface area contributed by atoms with Crippen LogP contribution in [0.2, 0.25) is 0 Å². The normalized spacial score (nSPS) is 11.4. The SMILES string of the molecule is C=C(c1ccc(F)cc1)c1ccc2nc(NCc3ccc(S(N)(=O)=O)cc3)nc(OCC)c2n1. The third kappa shape index (κ3) is 5.19. The fourth-order valence-corrected chi connectivity index (χ4v) is 3.76. The van der Waals surface area contributed by atoms with Gasteiger partial charge in [0.05, 0.1) is 22.7 Å². The molecule has 0 bridgehead atoms. The number of nitrogens with one attached hydrogen (secondary N) is 1. The predicted octanol–water partition coefficient (Wildman–Crippen LogP) is 3.88. The van der Waals surface area contributed by atoms with Gasteiger partial charge in [-0.15, -0.1) is 0 Å². The van der Waals surface area contributed by atoms with Gasteiger partial charge in [-0.1, -0.05) is 30.8 Å². The number of ether oxygens (including phenoxy) is 1. The molecule has 34 heavy (non-hydrogen) atoms. The lowest BCUT2D eigenvalue weighted by Gasteiger charge is -2.12. The monoisotopic (exact) mass is 479 g/mol. The molecule has 10 heteroatoms. The highest BCUT2D eigenvalue weighted by Gasteiger charge is 2.14. The Hall–Kier alpha value is -3.89. The van der Waals surface area contributed by atoms with Gasteiger partial charge >= 0.3 is 0 Å². The van der Waals surface area contributed by atoms with Crippen molar-refractivity contribution in [2.24, 2.45) is 5.14 Å². The number of nitrogens with zero attached hydrogens (tertiary/aromatic N) is 3. The minimum absolute atomic E-state index is 0.0425. The molecular weight excluding hydrogens is 457 g/mol. The number of fused-ring (bicyclic) bond motifs is 1. The molecule has 0 fully saturated rings. The number of primary sulfonamides is 1. The molecule has 0 amide bonds. The maximum atomic E-state index is 13.3. The molecule has 0 spiro atoms. The number of halogens is 1. The Bertz CT molecular complexity index is 1460. The van der Waals surface area contributed by atoms with Gasteiger partial charge in [0, 0.05) is 12.1 Å². The number of pyridine rings is 1. The zero-order valence-corrected chi connectivity index (χ0v) is 19.1. The van der Waals surface area contributed by atoms with E-state index in [0.717, 1.165) is 11.1 Å². The van der Waals surface area contributed by atoms with Crippen LogP contribution in [0.1, 0.15) is 23.7 Å². The summed E-state index contributed by atoms with van der Waals surface area (Å²) in [5.74, 6) is 0.321. The number of aromatic nitrogens is 3. The highest BCUT2D eigenvalue weighted by Crippen LogP contribution is 2.27. The average Bonchev–Trinajstić information content (AvgIpc) is 2.82. The number of anilines is 1. The van der Waals surface area contributed by atoms with E-state index in [9.17, 15) is 12.8 Å². The van der Waals surface area contributed by atoms with Crippen molar-refractivity contribution >= 4 is 32.6 Å². The summed E-state index contributed by atoms with van der Waals surface area (Å²) in [7, 11) is -3.74. The number of nitrogens with two attached hydrogens (primary N) is 1. The molecule has 4 aromatic rings. The van der Waals surface area contributed by atoms with Crippen molar-refractivity contribution in [3.63, 3.8) is 0 Å². The van der Waals surface area contributed by atoms with Gasteiger partial charge < -0.3 is 10.1 Å². The molecule has 0 saturated heterocycles. The molecule has 0 aliphatic rings. The Morgan fingerprint density at radius 3 is 2.38 bits per heavy atom. The molecule has 8 nitrogen and oxygen atoms in total. The summed E-state index contributed by atoms with van der Waals surface area (Å²) in [5.41, 5.74) is 3.85. The molecule has 3 N–H and O–H groups in total. The molecule has 4 rings (SSSR count). The van der Waals surface area contributed by atoms with E-state index in [2.05, 4.69) is 26.8 Å². The van der Waals surface area contributed by atoms with E-state index in [1.807, 2.05) is 6.92 Å². The maximum absolute atomic E-state index is 13.3. The maximum Gasteiger partial charge on any atom is 0.245 e. The number of hydrogen-bond acceptors (Lipinski definition) is 7. The number of rotatable bonds is 8. The van der Waals surface area contributed by atoms with Crippen LogP contribution in [0, 0.1) is 5.82 Å². The van der Waals surface area contributed by atoms with Crippen LogP contribution in [0.5, 0.6) is 5.88 Å². The Morgan fingerprint density at radius 1 is 1.03 bits per heavy atom. The van der Waals surface area contributed by atoms with Crippen molar-refractivity contribution in [3.05, 3.63) is 89.9 Å². The number of sulfonamides is 1. The van der Waals surface area contributed by atoms with E-state index in [0.29, 0.717) is 47.3 Å². The highest BCUT2D eigenvalue weighted by atomic mass is 32.2. The first-order chi connectivity index (χ1) is 16.2. The van der Waals surface area contributed by atoms with E-state index in [4.69, 9.17) is 9.88 Å². The predicted molar refractivity (Wildman–Crippen MR) is 128 cm³/mol. The van der Waals surface area contributed by atoms with Crippen molar-refractivity contribution in [2.45, 2.75) is 18.4 Å². The van der Waals surface area contributed by atoms with Gasteiger partial charge in [-0.3, -0.25) is 0 Å². The van der Waals surface area contributed by atoms with E-state index >= 15 is 0 Å². The van der Waals surface area contributed by atoms with Crippen molar-refractivity contribution in [2.75, 3.05) is 11.9 Å². The molecule has 0 aliphatic heterocycles. The van der Waals surface area contributed by atoms with Gasteiger partial charge in [0.1, 0.15) is 5.82 Å². The van der Waals surface area contributed by atoms with Gasteiger partial charge in [0.25, 0.3) is 0 Å². The zero-order chi connectivity index (χ0) is 24.3. The van der Waals surface area contributed by atoms with Crippen LogP contribution in [-0.2, 0) is 16.6 Å². The lowest BCUT2D eigenvalue weighted by molar-refractivity contribution is 0.330. The Morgan fingerprint density at radius 2 is 1.74 bits per heavy atom. The molecule has 0 unspecified atom stereocenters. The van der Waals surface area contributed by atoms with Gasteiger partial charge in [-0.05, 0) is 54.4 Å². The molecule has 2 aromatic carbocycles. The smallest absolute Gasteiger partial charge is 0.245 e. The summed E-state index contributed by atoms with van der Waals surface area (Å²) in [6.45, 7) is 6.66. The summed E-state index contributed by atoms with van der Waals surface area (Å²) < 4.78 is 41.8. The molecule has 174 valence electrons. The van der Waals surface area contributed by atoms with Gasteiger partial charge in [0.15, 0.2) is 5.52 Å². The van der Waals surface area contributed by atoms with Crippen molar-refractivity contribution in [1.29, 1.82) is 0 Å². The standard InChI is InChI=1S/C24H22FN5O3S/c1-3-33-23-22-21(13-12-20(28-22)15(2)17-6-8-18(25)9-7-17)29-24(30-23)27-14-16-4-10-19(11-5-16)34(26,31)32/h4-13H,2-3,14H2,1H3,(H2,26,31,32)(H,27,29,30). The second-order valence-electron chi connectivity index (χ2n) is 7.38. The third-order valence-corrected chi connectivity index (χ3v) is 5.92. The molecule has 2 heterocycles. The van der Waals surface area contributed by atoms with Crippen LogP contribution in [0.3, 0.4) is 0 Å². The topological polar surface area (TPSA) is 120 Å². The second-order valence-corrected chi connectivity index (χ2v) is 8.94. The van der Waals surface area contributed by atoms with E-state index < -0.39 is 10.0 Å². The minimum Gasteiger partial charge on any atom is -0.476 e. The van der Waals surface area contributed by atoms with Crippen molar-refractivity contribution in [1.82, 2.24) is 15.0 Å². The Labute approximate surface area is 196 Å². The largest absolute Gasteiger partial charge is 0.476 e. The molecule has 0 saturated carbocycles. The molecule has 0 atom stereocenters. The zero-order valence-electron chi connectivity index (χ0n) is 18.3.